The molecule has 4 heterocycles. The highest BCUT2D eigenvalue weighted by Crippen LogP contribution is 2.26. The van der Waals surface area contributed by atoms with Gasteiger partial charge in [-0.05, 0) is 35.9 Å². The highest BCUT2D eigenvalue weighted by Gasteiger charge is 2.14. The second kappa shape index (κ2) is 7.09. The maximum absolute atomic E-state index is 12.9. The molecule has 0 saturated heterocycles. The number of pyridine rings is 2. The van der Waals surface area contributed by atoms with Crippen LogP contribution in [-0.2, 0) is 0 Å². The predicted octanol–water partition coefficient (Wildman–Crippen LogP) is 3.14. The minimum Gasteiger partial charge on any atom is -0.267 e. The number of hydrogen-bond acceptors (Lipinski definition) is 5. The molecule has 0 spiro atoms. The average molecular weight is 417 g/mol. The fourth-order valence-electron chi connectivity index (χ4n) is 3.21. The lowest BCUT2D eigenvalue weighted by Gasteiger charge is -2.09. The summed E-state index contributed by atoms with van der Waals surface area (Å²) in [6.45, 7) is 0. The molecule has 9 heteroatoms. The molecule has 146 valence electrons. The Labute approximate surface area is 174 Å². The monoisotopic (exact) mass is 416 g/mol. The van der Waals surface area contributed by atoms with E-state index in [0.29, 0.717) is 27.1 Å². The van der Waals surface area contributed by atoms with Crippen molar-refractivity contribution in [3.8, 4) is 11.1 Å². The molecule has 0 fully saturated rings. The van der Waals surface area contributed by atoms with Gasteiger partial charge in [-0.2, -0.15) is 5.10 Å². The lowest BCUT2D eigenvalue weighted by atomic mass is 10.1. The quantitative estimate of drug-likeness (QED) is 0.487. The van der Waals surface area contributed by atoms with Crippen LogP contribution in [0, 0.1) is 0 Å². The standard InChI is InChI=1S/C21H13ClN6O2/c22-15-3-1-13(2-4-15)16-12-25-28-18-7-10-27(21(30)17(18)11-24-19(16)28)26-20(29)14-5-8-23-9-6-14/h1-12H,(H,26,29). The van der Waals surface area contributed by atoms with Gasteiger partial charge >= 0.3 is 0 Å². The number of hydrogen-bond donors (Lipinski definition) is 1. The molecule has 8 nitrogen and oxygen atoms in total. The minimum absolute atomic E-state index is 0.325. The number of nitrogens with one attached hydrogen (secondary N) is 1. The molecular weight excluding hydrogens is 404 g/mol. The Morgan fingerprint density at radius 1 is 1.00 bits per heavy atom. The molecule has 0 saturated carbocycles. The maximum atomic E-state index is 12.9. The first-order chi connectivity index (χ1) is 14.6. The zero-order chi connectivity index (χ0) is 20.7. The van der Waals surface area contributed by atoms with Gasteiger partial charge in [0.05, 0.1) is 17.1 Å². The van der Waals surface area contributed by atoms with Gasteiger partial charge in [-0.15, -0.1) is 0 Å². The van der Waals surface area contributed by atoms with Crippen LogP contribution in [0.3, 0.4) is 0 Å². The number of nitrogens with zero attached hydrogens (tertiary/aromatic N) is 5. The molecule has 1 N–H and O–H groups in total. The highest BCUT2D eigenvalue weighted by atomic mass is 35.5. The van der Waals surface area contributed by atoms with Crippen LogP contribution in [-0.4, -0.2) is 30.2 Å². The Balaban J connectivity index is 1.58. The minimum atomic E-state index is -0.419. The van der Waals surface area contributed by atoms with Gasteiger partial charge in [-0.3, -0.25) is 20.0 Å². The number of amides is 1. The van der Waals surface area contributed by atoms with E-state index in [0.717, 1.165) is 15.8 Å². The summed E-state index contributed by atoms with van der Waals surface area (Å²) >= 11 is 5.97. The topological polar surface area (TPSA) is 94.2 Å². The van der Waals surface area contributed by atoms with Crippen LogP contribution >= 0.6 is 11.6 Å². The second-order valence-electron chi connectivity index (χ2n) is 6.53. The van der Waals surface area contributed by atoms with E-state index < -0.39 is 11.5 Å². The Morgan fingerprint density at radius 2 is 1.77 bits per heavy atom. The maximum Gasteiger partial charge on any atom is 0.280 e. The molecule has 5 rings (SSSR count). The molecule has 1 amide bonds. The van der Waals surface area contributed by atoms with E-state index in [9.17, 15) is 9.59 Å². The smallest absolute Gasteiger partial charge is 0.267 e. The third kappa shape index (κ3) is 2.99. The summed E-state index contributed by atoms with van der Waals surface area (Å²) in [6, 6.07) is 12.2. The zero-order valence-electron chi connectivity index (χ0n) is 15.4. The van der Waals surface area contributed by atoms with Crippen molar-refractivity contribution in [1.82, 2.24) is 24.3 Å². The molecule has 0 radical (unpaired) electrons. The third-order valence-corrected chi connectivity index (χ3v) is 4.97. The van der Waals surface area contributed by atoms with Gasteiger partial charge in [0.25, 0.3) is 11.5 Å². The van der Waals surface area contributed by atoms with E-state index in [-0.39, 0.29) is 0 Å². The SMILES string of the molecule is O=C(Nn1ccc2c(cnc3c(-c4ccc(Cl)cc4)cnn32)c1=O)c1ccncc1. The van der Waals surface area contributed by atoms with Gasteiger partial charge < -0.3 is 0 Å². The van der Waals surface area contributed by atoms with Crippen molar-refractivity contribution in [1.29, 1.82) is 0 Å². The first kappa shape index (κ1) is 18.0. The average Bonchev–Trinajstić information content (AvgIpc) is 3.21. The first-order valence-corrected chi connectivity index (χ1v) is 9.35. The number of aromatic nitrogens is 5. The molecule has 0 unspecified atom stereocenters. The van der Waals surface area contributed by atoms with Crippen molar-refractivity contribution in [2.24, 2.45) is 0 Å². The van der Waals surface area contributed by atoms with Crippen molar-refractivity contribution >= 4 is 34.1 Å². The molecule has 0 aliphatic carbocycles. The van der Waals surface area contributed by atoms with Crippen LogP contribution in [0.2, 0.25) is 5.02 Å². The Bertz CT molecular complexity index is 1460. The largest absolute Gasteiger partial charge is 0.280 e. The van der Waals surface area contributed by atoms with Gasteiger partial charge in [0.2, 0.25) is 0 Å². The summed E-state index contributed by atoms with van der Waals surface area (Å²) in [5.74, 6) is -0.419. The van der Waals surface area contributed by atoms with Crippen LogP contribution in [0.15, 0.2) is 78.2 Å². The number of carbonyl (C=O) groups excluding carboxylic acids is 1. The normalized spacial score (nSPS) is 11.1. The molecule has 0 atom stereocenters. The van der Waals surface area contributed by atoms with E-state index >= 15 is 0 Å². The molecule has 30 heavy (non-hydrogen) atoms. The van der Waals surface area contributed by atoms with Crippen molar-refractivity contribution in [2.45, 2.75) is 0 Å². The highest BCUT2D eigenvalue weighted by molar-refractivity contribution is 6.30. The molecular formula is C21H13ClN6O2. The van der Waals surface area contributed by atoms with Crippen LogP contribution in [0.5, 0.6) is 0 Å². The van der Waals surface area contributed by atoms with Crippen LogP contribution in [0.1, 0.15) is 10.4 Å². The summed E-state index contributed by atoms with van der Waals surface area (Å²) < 4.78 is 2.73. The Kier molecular flexibility index (Phi) is 4.26. The molecule has 0 aliphatic heterocycles. The second-order valence-corrected chi connectivity index (χ2v) is 6.96. The van der Waals surface area contributed by atoms with Crippen molar-refractivity contribution in [2.75, 3.05) is 5.43 Å². The van der Waals surface area contributed by atoms with E-state index in [4.69, 9.17) is 11.6 Å². The van der Waals surface area contributed by atoms with Crippen molar-refractivity contribution in [3.63, 3.8) is 0 Å². The number of carbonyl (C=O) groups is 1. The summed E-state index contributed by atoms with van der Waals surface area (Å²) in [7, 11) is 0. The molecule has 0 bridgehead atoms. The summed E-state index contributed by atoms with van der Waals surface area (Å²) in [4.78, 5) is 33.6. The lowest BCUT2D eigenvalue weighted by molar-refractivity contribution is 0.101. The molecule has 0 aliphatic rings. The first-order valence-electron chi connectivity index (χ1n) is 8.97. The molecule has 4 aromatic heterocycles. The number of benzene rings is 1. The molecule has 5 aromatic rings. The van der Waals surface area contributed by atoms with Crippen molar-refractivity contribution in [3.05, 3.63) is 94.4 Å². The van der Waals surface area contributed by atoms with Gasteiger partial charge in [-0.25, -0.2) is 14.2 Å². The van der Waals surface area contributed by atoms with E-state index in [2.05, 4.69) is 20.5 Å². The third-order valence-electron chi connectivity index (χ3n) is 4.71. The zero-order valence-corrected chi connectivity index (χ0v) is 16.1. The number of halogens is 1. The predicted molar refractivity (Wildman–Crippen MR) is 113 cm³/mol. The van der Waals surface area contributed by atoms with E-state index in [1.165, 1.54) is 24.8 Å². The lowest BCUT2D eigenvalue weighted by Crippen LogP contribution is -2.33. The van der Waals surface area contributed by atoms with Gasteiger partial charge in [-0.1, -0.05) is 23.7 Å². The van der Waals surface area contributed by atoms with Crippen LogP contribution in [0.25, 0.3) is 27.7 Å². The number of rotatable bonds is 3. The van der Waals surface area contributed by atoms with E-state index in [1.54, 1.807) is 41.0 Å². The molecule has 1 aromatic carbocycles. The van der Waals surface area contributed by atoms with E-state index in [1.807, 2.05) is 12.1 Å². The van der Waals surface area contributed by atoms with Gasteiger partial charge in [0.15, 0.2) is 5.65 Å². The van der Waals surface area contributed by atoms with Crippen molar-refractivity contribution < 1.29 is 4.79 Å². The van der Waals surface area contributed by atoms with Crippen LogP contribution < -0.4 is 11.0 Å². The van der Waals surface area contributed by atoms with Gasteiger partial charge in [0, 0.05) is 40.9 Å². The fourth-order valence-corrected chi connectivity index (χ4v) is 3.34. The Hall–Kier alpha value is -4.04. The summed E-state index contributed by atoms with van der Waals surface area (Å²) in [5.41, 5.74) is 5.49. The number of fused-ring (bicyclic) bond motifs is 3. The fraction of sp³-hybridized carbons (Fsp3) is 0. The summed E-state index contributed by atoms with van der Waals surface area (Å²) in [6.07, 6.45) is 7.70. The van der Waals surface area contributed by atoms with Gasteiger partial charge in [0.1, 0.15) is 0 Å². The summed E-state index contributed by atoms with van der Waals surface area (Å²) in [5, 5.41) is 5.37. The Morgan fingerprint density at radius 3 is 2.53 bits per heavy atom. The van der Waals surface area contributed by atoms with Crippen LogP contribution in [0.4, 0.5) is 0 Å².